The zero-order valence-electron chi connectivity index (χ0n) is 13.4. The highest BCUT2D eigenvalue weighted by atomic mass is 16.5. The summed E-state index contributed by atoms with van der Waals surface area (Å²) in [5.74, 6) is 0. The van der Waals surface area contributed by atoms with E-state index in [1.807, 2.05) is 0 Å². The predicted octanol–water partition coefficient (Wildman–Crippen LogP) is 2.80. The highest BCUT2D eigenvalue weighted by Crippen LogP contribution is 2.57. The lowest BCUT2D eigenvalue weighted by Crippen LogP contribution is -2.67. The second kappa shape index (κ2) is 6.33. The molecule has 0 aromatic carbocycles. The summed E-state index contributed by atoms with van der Waals surface area (Å²) in [6.07, 6.45) is 10.2. The Hall–Kier alpha value is -0.120. The van der Waals surface area contributed by atoms with Crippen LogP contribution in [0.2, 0.25) is 0 Å². The number of nitrogens with zero attached hydrogens (tertiary/aromatic N) is 1. The molecule has 1 heterocycles. The Balaban J connectivity index is 1.44. The number of hydrogen-bond donors (Lipinski definition) is 1. The Morgan fingerprint density at radius 3 is 2.55 bits per heavy atom. The van der Waals surface area contributed by atoms with Gasteiger partial charge in [0.05, 0.1) is 6.10 Å². The van der Waals surface area contributed by atoms with E-state index in [1.54, 1.807) is 0 Å². The predicted molar refractivity (Wildman–Crippen MR) is 83.0 cm³/mol. The monoisotopic (exact) mass is 280 g/mol. The molecule has 2 saturated carbocycles. The van der Waals surface area contributed by atoms with Gasteiger partial charge in [-0.15, -0.1) is 0 Å². The fraction of sp³-hybridized carbons (Fsp3) is 1.00. The largest absolute Gasteiger partial charge is 0.378 e. The summed E-state index contributed by atoms with van der Waals surface area (Å²) in [6.45, 7) is 9.17. The maximum atomic E-state index is 5.94. The van der Waals surface area contributed by atoms with E-state index in [0.717, 1.165) is 19.2 Å². The van der Waals surface area contributed by atoms with Crippen LogP contribution in [-0.4, -0.2) is 49.3 Å². The third-order valence-electron chi connectivity index (χ3n) is 6.11. The summed E-state index contributed by atoms with van der Waals surface area (Å²) in [5.41, 5.74) is 0.512. The highest BCUT2D eigenvalue weighted by molar-refractivity contribution is 5.12. The first-order chi connectivity index (χ1) is 9.76. The normalized spacial score (nSPS) is 34.5. The quantitative estimate of drug-likeness (QED) is 0.810. The third kappa shape index (κ3) is 2.65. The van der Waals surface area contributed by atoms with Gasteiger partial charge in [-0.25, -0.2) is 0 Å². The Morgan fingerprint density at radius 1 is 1.20 bits per heavy atom. The lowest BCUT2D eigenvalue weighted by molar-refractivity contribution is -0.173. The molecule has 1 aliphatic heterocycles. The van der Waals surface area contributed by atoms with Crippen molar-refractivity contribution in [1.82, 2.24) is 10.2 Å². The first-order valence-electron chi connectivity index (χ1n) is 8.85. The fourth-order valence-corrected chi connectivity index (χ4v) is 4.53. The molecule has 3 heteroatoms. The van der Waals surface area contributed by atoms with Gasteiger partial charge in [-0.05, 0) is 59.0 Å². The zero-order chi connectivity index (χ0) is 14.0. The van der Waals surface area contributed by atoms with E-state index in [1.165, 1.54) is 58.0 Å². The topological polar surface area (TPSA) is 24.5 Å². The molecule has 2 aliphatic carbocycles. The van der Waals surface area contributed by atoms with Crippen molar-refractivity contribution in [2.24, 2.45) is 5.41 Å². The van der Waals surface area contributed by atoms with Crippen LogP contribution >= 0.6 is 0 Å². The van der Waals surface area contributed by atoms with E-state index in [4.69, 9.17) is 4.74 Å². The van der Waals surface area contributed by atoms with Gasteiger partial charge in [0.1, 0.15) is 0 Å². The summed E-state index contributed by atoms with van der Waals surface area (Å²) in [5, 5.41) is 3.88. The van der Waals surface area contributed by atoms with Gasteiger partial charge in [-0.1, -0.05) is 12.8 Å². The van der Waals surface area contributed by atoms with Crippen molar-refractivity contribution in [2.45, 2.75) is 77.0 Å². The van der Waals surface area contributed by atoms with Crippen molar-refractivity contribution >= 4 is 0 Å². The maximum absolute atomic E-state index is 5.94. The molecule has 3 unspecified atom stereocenters. The lowest BCUT2D eigenvalue weighted by Gasteiger charge is -2.61. The van der Waals surface area contributed by atoms with Gasteiger partial charge in [0.25, 0.3) is 0 Å². The van der Waals surface area contributed by atoms with Gasteiger partial charge in [0.2, 0.25) is 0 Å². The number of nitrogens with one attached hydrogen (secondary N) is 1. The van der Waals surface area contributed by atoms with Crippen LogP contribution in [0.3, 0.4) is 0 Å². The van der Waals surface area contributed by atoms with Crippen LogP contribution in [0.4, 0.5) is 0 Å². The van der Waals surface area contributed by atoms with Gasteiger partial charge >= 0.3 is 0 Å². The summed E-state index contributed by atoms with van der Waals surface area (Å²) >= 11 is 0. The fourth-order valence-electron chi connectivity index (χ4n) is 4.53. The standard InChI is InChI=1S/C17H32N2O/c1-3-20-16-12-15(17(16)8-7-9-17)18-13-14(2)19-10-5-4-6-11-19/h14-16,18H,3-13H2,1-2H3. The molecule has 3 aliphatic rings. The number of hydrogen-bond acceptors (Lipinski definition) is 3. The van der Waals surface area contributed by atoms with Crippen molar-refractivity contribution in [3.05, 3.63) is 0 Å². The molecule has 0 amide bonds. The molecule has 3 fully saturated rings. The van der Waals surface area contributed by atoms with Gasteiger partial charge in [0, 0.05) is 30.7 Å². The number of piperidine rings is 1. The first-order valence-corrected chi connectivity index (χ1v) is 8.85. The Kier molecular flexibility index (Phi) is 4.68. The van der Waals surface area contributed by atoms with Crippen LogP contribution in [0.15, 0.2) is 0 Å². The van der Waals surface area contributed by atoms with E-state index in [2.05, 4.69) is 24.1 Å². The molecule has 0 aromatic heterocycles. The lowest BCUT2D eigenvalue weighted by atomic mass is 9.51. The molecule has 20 heavy (non-hydrogen) atoms. The van der Waals surface area contributed by atoms with Gasteiger partial charge < -0.3 is 10.1 Å². The second-order valence-corrected chi connectivity index (χ2v) is 7.17. The van der Waals surface area contributed by atoms with Crippen LogP contribution in [-0.2, 0) is 4.74 Å². The summed E-state index contributed by atoms with van der Waals surface area (Å²) < 4.78 is 5.94. The average molecular weight is 280 g/mol. The molecule has 0 aromatic rings. The highest BCUT2D eigenvalue weighted by Gasteiger charge is 2.58. The molecule has 0 bridgehead atoms. The van der Waals surface area contributed by atoms with Crippen molar-refractivity contribution in [1.29, 1.82) is 0 Å². The molecule has 3 nitrogen and oxygen atoms in total. The van der Waals surface area contributed by atoms with Gasteiger partial charge in [0.15, 0.2) is 0 Å². The van der Waals surface area contributed by atoms with Gasteiger partial charge in [-0.3, -0.25) is 4.90 Å². The van der Waals surface area contributed by atoms with E-state index >= 15 is 0 Å². The van der Waals surface area contributed by atoms with Crippen molar-refractivity contribution in [3.8, 4) is 0 Å². The molecular formula is C17H32N2O. The van der Waals surface area contributed by atoms with Gasteiger partial charge in [-0.2, -0.15) is 0 Å². The van der Waals surface area contributed by atoms with Crippen molar-refractivity contribution in [3.63, 3.8) is 0 Å². The first kappa shape index (κ1) is 14.8. The zero-order valence-corrected chi connectivity index (χ0v) is 13.4. The molecular weight excluding hydrogens is 248 g/mol. The van der Waals surface area contributed by atoms with Crippen molar-refractivity contribution < 1.29 is 4.74 Å². The summed E-state index contributed by atoms with van der Waals surface area (Å²) in [6, 6.07) is 1.42. The van der Waals surface area contributed by atoms with E-state index in [-0.39, 0.29) is 0 Å². The van der Waals surface area contributed by atoms with E-state index in [0.29, 0.717) is 17.6 Å². The van der Waals surface area contributed by atoms with Crippen molar-refractivity contribution in [2.75, 3.05) is 26.2 Å². The molecule has 3 rings (SSSR count). The maximum Gasteiger partial charge on any atom is 0.0661 e. The van der Waals surface area contributed by atoms with Crippen LogP contribution in [0.1, 0.15) is 58.8 Å². The third-order valence-corrected chi connectivity index (χ3v) is 6.11. The Morgan fingerprint density at radius 2 is 1.95 bits per heavy atom. The summed E-state index contributed by atoms with van der Waals surface area (Å²) in [4.78, 5) is 2.67. The minimum atomic E-state index is 0.512. The number of rotatable bonds is 6. The summed E-state index contributed by atoms with van der Waals surface area (Å²) in [7, 11) is 0. The minimum absolute atomic E-state index is 0.512. The average Bonchev–Trinajstić information content (AvgIpc) is 2.41. The minimum Gasteiger partial charge on any atom is -0.378 e. The smallest absolute Gasteiger partial charge is 0.0661 e. The molecule has 1 N–H and O–H groups in total. The molecule has 1 spiro atoms. The van der Waals surface area contributed by atoms with E-state index < -0.39 is 0 Å². The second-order valence-electron chi connectivity index (χ2n) is 7.17. The van der Waals surface area contributed by atoms with Crippen LogP contribution < -0.4 is 5.32 Å². The van der Waals surface area contributed by atoms with E-state index in [9.17, 15) is 0 Å². The molecule has 0 radical (unpaired) electrons. The van der Waals surface area contributed by atoms with Crippen LogP contribution in [0.5, 0.6) is 0 Å². The Labute approximate surface area is 124 Å². The number of ether oxygens (including phenoxy) is 1. The molecule has 1 saturated heterocycles. The molecule has 3 atom stereocenters. The SMILES string of the molecule is CCOC1CC(NCC(C)N2CCCCC2)C12CCC2. The molecule has 116 valence electrons. The number of likely N-dealkylation sites (tertiary alicyclic amines) is 1. The Bertz CT molecular complexity index is 310. The van der Waals surface area contributed by atoms with Crippen LogP contribution in [0, 0.1) is 5.41 Å². The van der Waals surface area contributed by atoms with Crippen LogP contribution in [0.25, 0.3) is 0 Å².